The molecule has 1 atom stereocenters. The van der Waals surface area contributed by atoms with Gasteiger partial charge < -0.3 is 14.7 Å². The van der Waals surface area contributed by atoms with Gasteiger partial charge in [0.25, 0.3) is 0 Å². The van der Waals surface area contributed by atoms with Crippen LogP contribution in [-0.2, 0) is 4.74 Å². The van der Waals surface area contributed by atoms with Crippen LogP contribution in [-0.4, -0.2) is 61.9 Å². The Morgan fingerprint density at radius 1 is 1.32 bits per heavy atom. The number of nitrogens with zero attached hydrogens (tertiary/aromatic N) is 1. The number of allylic oxidation sites excluding steroid dienone is 2. The first kappa shape index (κ1) is 14.7. The molecule has 0 aromatic carbocycles. The Hall–Kier alpha value is -0.710. The van der Waals surface area contributed by atoms with Gasteiger partial charge in [0.05, 0.1) is 19.7 Å². The third-order valence-electron chi connectivity index (χ3n) is 4.12. The van der Waals surface area contributed by atoms with E-state index in [0.717, 1.165) is 45.7 Å². The second-order valence-electron chi connectivity index (χ2n) is 6.53. The maximum Gasteiger partial charge on any atom is 0.182 e. The summed E-state index contributed by atoms with van der Waals surface area (Å²) in [4.78, 5) is 1.33. The van der Waals surface area contributed by atoms with Crippen molar-refractivity contribution in [3.05, 3.63) is 11.8 Å². The van der Waals surface area contributed by atoms with Crippen molar-refractivity contribution in [2.75, 3.05) is 46.5 Å². The topological polar surface area (TPSA) is 36.9 Å². The van der Waals surface area contributed by atoms with E-state index < -0.39 is 0 Å². The van der Waals surface area contributed by atoms with Gasteiger partial charge in [0.15, 0.2) is 18.8 Å². The zero-order chi connectivity index (χ0) is 13.9. The van der Waals surface area contributed by atoms with Gasteiger partial charge >= 0.3 is 0 Å². The van der Waals surface area contributed by atoms with Gasteiger partial charge in [-0.3, -0.25) is 0 Å². The van der Waals surface area contributed by atoms with E-state index in [4.69, 9.17) is 9.84 Å². The van der Waals surface area contributed by atoms with Gasteiger partial charge in [-0.1, -0.05) is 13.8 Å². The van der Waals surface area contributed by atoms with Crippen LogP contribution in [0.4, 0.5) is 0 Å². The predicted molar refractivity (Wildman–Crippen MR) is 75.8 cm³/mol. The summed E-state index contributed by atoms with van der Waals surface area (Å²) in [5.41, 5.74) is 3.19. The van der Waals surface area contributed by atoms with Crippen LogP contribution < -0.4 is 4.90 Å². The second-order valence-corrected chi connectivity index (χ2v) is 6.53. The molecule has 0 saturated carbocycles. The number of morpholine rings is 1. The SMILES string of the molecule is C[NH+](CCO)C1=CC(=[N+]2CCOCC2)CC(C)(C)C1. The summed E-state index contributed by atoms with van der Waals surface area (Å²) in [6.45, 7) is 9.41. The Balaban J connectivity index is 2.24. The van der Waals surface area contributed by atoms with Gasteiger partial charge in [-0.15, -0.1) is 0 Å². The fourth-order valence-electron chi connectivity index (χ4n) is 3.03. The number of likely N-dealkylation sites (N-methyl/N-ethyl adjacent to an activating group) is 1. The second kappa shape index (κ2) is 6.16. The first-order valence-corrected chi connectivity index (χ1v) is 7.34. The highest BCUT2D eigenvalue weighted by Gasteiger charge is 2.34. The van der Waals surface area contributed by atoms with Crippen LogP contribution >= 0.6 is 0 Å². The third kappa shape index (κ3) is 3.88. The number of rotatable bonds is 3. The lowest BCUT2D eigenvalue weighted by Gasteiger charge is -2.31. The quantitative estimate of drug-likeness (QED) is 0.689. The summed E-state index contributed by atoms with van der Waals surface area (Å²) >= 11 is 0. The minimum atomic E-state index is 0.247. The van der Waals surface area contributed by atoms with E-state index in [-0.39, 0.29) is 6.61 Å². The largest absolute Gasteiger partial charge is 0.391 e. The molecule has 108 valence electrons. The average molecular weight is 268 g/mol. The molecule has 2 N–H and O–H groups in total. The normalized spacial score (nSPS) is 25.2. The molecule has 1 aliphatic heterocycles. The predicted octanol–water partition coefficient (Wildman–Crippen LogP) is -0.319. The summed E-state index contributed by atoms with van der Waals surface area (Å²) in [6.07, 6.45) is 4.62. The summed E-state index contributed by atoms with van der Waals surface area (Å²) in [5, 5.41) is 9.13. The van der Waals surface area contributed by atoms with E-state index in [2.05, 4.69) is 31.5 Å². The Morgan fingerprint density at radius 2 is 2.00 bits per heavy atom. The smallest absolute Gasteiger partial charge is 0.182 e. The molecule has 4 nitrogen and oxygen atoms in total. The maximum absolute atomic E-state index is 9.13. The number of hydrogen-bond acceptors (Lipinski definition) is 2. The number of hydrogen-bond donors (Lipinski definition) is 2. The molecule has 0 spiro atoms. The van der Waals surface area contributed by atoms with Gasteiger partial charge in [0.1, 0.15) is 25.5 Å². The van der Waals surface area contributed by atoms with Crippen molar-refractivity contribution in [3.63, 3.8) is 0 Å². The number of aliphatic hydroxyl groups excluding tert-OH is 1. The van der Waals surface area contributed by atoms with Crippen LogP contribution in [0.25, 0.3) is 0 Å². The molecular formula is C15H28N2O2+2. The van der Waals surface area contributed by atoms with E-state index in [1.54, 1.807) is 0 Å². The van der Waals surface area contributed by atoms with Gasteiger partial charge in [-0.25, -0.2) is 4.58 Å². The zero-order valence-electron chi connectivity index (χ0n) is 12.5. The monoisotopic (exact) mass is 268 g/mol. The number of nitrogens with one attached hydrogen (secondary N) is 1. The van der Waals surface area contributed by atoms with Crippen molar-refractivity contribution in [1.82, 2.24) is 0 Å². The number of ether oxygens (including phenoxy) is 1. The van der Waals surface area contributed by atoms with Crippen LogP contribution in [0.1, 0.15) is 26.7 Å². The minimum absolute atomic E-state index is 0.247. The van der Waals surface area contributed by atoms with Crippen LogP contribution in [0.2, 0.25) is 0 Å². The van der Waals surface area contributed by atoms with Gasteiger partial charge in [-0.05, 0) is 5.41 Å². The van der Waals surface area contributed by atoms with Crippen molar-refractivity contribution < 1.29 is 19.3 Å². The van der Waals surface area contributed by atoms with E-state index in [9.17, 15) is 0 Å². The molecule has 1 heterocycles. The van der Waals surface area contributed by atoms with Crippen molar-refractivity contribution >= 4 is 5.71 Å². The van der Waals surface area contributed by atoms with Gasteiger partial charge in [0, 0.05) is 12.8 Å². The Morgan fingerprint density at radius 3 is 2.63 bits per heavy atom. The van der Waals surface area contributed by atoms with E-state index >= 15 is 0 Å². The lowest BCUT2D eigenvalue weighted by Crippen LogP contribution is -3.08. The molecule has 0 amide bonds. The summed E-state index contributed by atoms with van der Waals surface area (Å²) in [6, 6.07) is 0. The lowest BCUT2D eigenvalue weighted by atomic mass is 9.78. The van der Waals surface area contributed by atoms with Crippen LogP contribution in [0, 0.1) is 5.41 Å². The Kier molecular flexibility index (Phi) is 4.76. The van der Waals surface area contributed by atoms with Crippen molar-refractivity contribution in [2.45, 2.75) is 26.7 Å². The molecule has 1 saturated heterocycles. The Labute approximate surface area is 116 Å². The van der Waals surface area contributed by atoms with Crippen LogP contribution in [0.5, 0.6) is 0 Å². The van der Waals surface area contributed by atoms with Crippen LogP contribution in [0.15, 0.2) is 11.8 Å². The fraction of sp³-hybridized carbons (Fsp3) is 0.800. The molecule has 0 radical (unpaired) electrons. The Bertz CT molecular complexity index is 378. The highest BCUT2D eigenvalue weighted by atomic mass is 16.5. The molecule has 4 heteroatoms. The van der Waals surface area contributed by atoms with Gasteiger partial charge in [-0.2, -0.15) is 0 Å². The molecule has 0 bridgehead atoms. The molecule has 19 heavy (non-hydrogen) atoms. The van der Waals surface area contributed by atoms with E-state index in [0.29, 0.717) is 5.41 Å². The molecule has 1 unspecified atom stereocenters. The van der Waals surface area contributed by atoms with Crippen molar-refractivity contribution in [1.29, 1.82) is 0 Å². The molecular weight excluding hydrogens is 240 g/mol. The number of aliphatic hydroxyl groups is 1. The van der Waals surface area contributed by atoms with E-state index in [1.807, 2.05) is 0 Å². The first-order chi connectivity index (χ1) is 9.02. The van der Waals surface area contributed by atoms with E-state index in [1.165, 1.54) is 16.3 Å². The fourth-order valence-corrected chi connectivity index (χ4v) is 3.03. The molecule has 1 aliphatic carbocycles. The van der Waals surface area contributed by atoms with Crippen molar-refractivity contribution in [2.24, 2.45) is 5.41 Å². The third-order valence-corrected chi connectivity index (χ3v) is 4.12. The minimum Gasteiger partial charge on any atom is -0.391 e. The molecule has 1 fully saturated rings. The maximum atomic E-state index is 9.13. The standard InChI is InChI=1S/C15H27N2O2/c1-15(2)11-13(16(3)4-7-18)10-14(12-15)17-5-8-19-9-6-17/h10,18H,4-9,11-12H2,1-3H3/q+1/p+1. The molecule has 0 aromatic heterocycles. The summed E-state index contributed by atoms with van der Waals surface area (Å²) in [7, 11) is 2.15. The average Bonchev–Trinajstić information content (AvgIpc) is 2.38. The lowest BCUT2D eigenvalue weighted by molar-refractivity contribution is -0.841. The highest BCUT2D eigenvalue weighted by Crippen LogP contribution is 2.32. The van der Waals surface area contributed by atoms with Gasteiger partial charge in [0.2, 0.25) is 0 Å². The zero-order valence-corrected chi connectivity index (χ0v) is 12.5. The van der Waals surface area contributed by atoms with Crippen molar-refractivity contribution in [3.8, 4) is 0 Å². The number of quaternary nitrogens is 1. The van der Waals surface area contributed by atoms with Crippen LogP contribution in [0.3, 0.4) is 0 Å². The molecule has 2 rings (SSSR count). The summed E-state index contributed by atoms with van der Waals surface area (Å²) < 4.78 is 7.91. The molecule has 2 aliphatic rings. The summed E-state index contributed by atoms with van der Waals surface area (Å²) in [5.74, 6) is 0. The first-order valence-electron chi connectivity index (χ1n) is 7.34. The molecule has 0 aromatic rings. The highest BCUT2D eigenvalue weighted by molar-refractivity contribution is 5.92.